The van der Waals surface area contributed by atoms with E-state index in [1.807, 2.05) is 0 Å². The lowest BCUT2D eigenvalue weighted by molar-refractivity contribution is 0.102. The van der Waals surface area contributed by atoms with Gasteiger partial charge >= 0.3 is 0 Å². The maximum Gasteiger partial charge on any atom is 0.296 e. The van der Waals surface area contributed by atoms with Crippen molar-refractivity contribution >= 4 is 85.5 Å². The molecule has 4 rings (SSSR count). The van der Waals surface area contributed by atoms with Crippen LogP contribution in [0.2, 0.25) is 0 Å². The summed E-state index contributed by atoms with van der Waals surface area (Å²) >= 11 is 5.55. The number of nitrogens with one attached hydrogen (secondary N) is 1. The van der Waals surface area contributed by atoms with E-state index in [-0.39, 0.29) is 16.3 Å². The SMILES string of the molecule is O=C(Nc1ccc(S(=O)(=O)O)c2cc(S(=O)(=O)O)c(/N=N/c3ccccc3S(=O)(=O)O)c(O)c12)c1cccc(S(=O)(=O)CCCl)c1. The number of hydrogen-bond donors (Lipinski definition) is 5. The van der Waals surface area contributed by atoms with Crippen molar-refractivity contribution in [3.63, 3.8) is 0 Å². The molecule has 244 valence electrons. The number of sulfone groups is 1. The van der Waals surface area contributed by atoms with Crippen molar-refractivity contribution in [3.8, 4) is 5.75 Å². The normalized spacial score (nSPS) is 12.9. The van der Waals surface area contributed by atoms with Crippen LogP contribution in [0.4, 0.5) is 17.1 Å². The summed E-state index contributed by atoms with van der Waals surface area (Å²) < 4.78 is 127. The molecule has 46 heavy (non-hydrogen) atoms. The van der Waals surface area contributed by atoms with Crippen LogP contribution in [0.3, 0.4) is 0 Å². The summed E-state index contributed by atoms with van der Waals surface area (Å²) in [5.74, 6) is -2.88. The van der Waals surface area contributed by atoms with Gasteiger partial charge in [-0.2, -0.15) is 25.3 Å². The fourth-order valence-corrected chi connectivity index (χ4v) is 7.75. The van der Waals surface area contributed by atoms with E-state index in [0.29, 0.717) is 6.07 Å². The van der Waals surface area contributed by atoms with Gasteiger partial charge in [0.1, 0.15) is 26.1 Å². The lowest BCUT2D eigenvalue weighted by Gasteiger charge is -2.15. The predicted octanol–water partition coefficient (Wildman–Crippen LogP) is 3.97. The van der Waals surface area contributed by atoms with Gasteiger partial charge in [0.2, 0.25) is 0 Å². The Kier molecular flexibility index (Phi) is 9.58. The van der Waals surface area contributed by atoms with Gasteiger partial charge in [-0.1, -0.05) is 18.2 Å². The number of phenolic OH excluding ortho intramolecular Hbond substituents is 1. The highest BCUT2D eigenvalue weighted by Gasteiger charge is 2.28. The first-order valence-electron chi connectivity index (χ1n) is 12.2. The molecule has 0 aromatic heterocycles. The molecule has 4 aromatic carbocycles. The predicted molar refractivity (Wildman–Crippen MR) is 163 cm³/mol. The van der Waals surface area contributed by atoms with E-state index >= 15 is 0 Å². The molecule has 5 N–H and O–H groups in total. The molecule has 0 atom stereocenters. The largest absolute Gasteiger partial charge is 0.505 e. The molecule has 0 radical (unpaired) electrons. The minimum absolute atomic E-state index is 0.224. The number of halogens is 1. The second kappa shape index (κ2) is 12.6. The standard InChI is InChI=1S/C25H20ClN3O13S4/c26-10-11-43(32,33)15-5-3-4-14(12-15)25(31)27-18-8-9-19(44(34,35)36)16-13-21(46(40,41)42)23(24(30)22(16)18)29-28-17-6-1-2-7-20(17)45(37,38)39/h1-9,12-13,30H,10-11H2,(H,27,31)(H,34,35,36)(H,37,38,39)(H,40,41,42)/b29-28+. The third-order valence-corrected chi connectivity index (χ3v) is 11.0. The van der Waals surface area contributed by atoms with Crippen molar-refractivity contribution in [2.45, 2.75) is 19.6 Å². The zero-order valence-electron chi connectivity index (χ0n) is 22.6. The number of amides is 1. The molecule has 0 fully saturated rings. The topological polar surface area (TPSA) is 271 Å². The second-order valence-electron chi connectivity index (χ2n) is 9.19. The lowest BCUT2D eigenvalue weighted by Crippen LogP contribution is -2.14. The van der Waals surface area contributed by atoms with E-state index in [9.17, 15) is 57.2 Å². The molecule has 4 aromatic rings. The van der Waals surface area contributed by atoms with Gasteiger partial charge in [0, 0.05) is 16.8 Å². The molecule has 0 heterocycles. The van der Waals surface area contributed by atoms with Crippen LogP contribution in [0.5, 0.6) is 5.75 Å². The van der Waals surface area contributed by atoms with E-state index in [1.54, 1.807) is 0 Å². The van der Waals surface area contributed by atoms with Gasteiger partial charge in [-0.15, -0.1) is 21.8 Å². The van der Waals surface area contributed by atoms with Crippen molar-refractivity contribution < 1.29 is 57.2 Å². The number of rotatable bonds is 10. The number of phenols is 1. The Balaban J connectivity index is 1.99. The van der Waals surface area contributed by atoms with Crippen LogP contribution >= 0.6 is 11.6 Å². The van der Waals surface area contributed by atoms with Crippen LogP contribution in [-0.4, -0.2) is 70.0 Å². The zero-order chi connectivity index (χ0) is 34.2. The maximum absolute atomic E-state index is 13.2. The highest BCUT2D eigenvalue weighted by Crippen LogP contribution is 2.46. The van der Waals surface area contributed by atoms with Crippen molar-refractivity contribution in [1.82, 2.24) is 0 Å². The molecular formula is C25H20ClN3O13S4. The monoisotopic (exact) mass is 733 g/mol. The summed E-state index contributed by atoms with van der Waals surface area (Å²) in [4.78, 5) is 9.95. The Morgan fingerprint density at radius 1 is 0.739 bits per heavy atom. The van der Waals surface area contributed by atoms with E-state index in [1.165, 1.54) is 30.3 Å². The molecule has 16 nitrogen and oxygen atoms in total. The maximum atomic E-state index is 13.2. The second-order valence-corrected chi connectivity index (χ2v) is 15.8. The van der Waals surface area contributed by atoms with Crippen molar-refractivity contribution in [3.05, 3.63) is 72.3 Å². The molecule has 0 spiro atoms. The molecular weight excluding hydrogens is 714 g/mol. The molecule has 0 saturated carbocycles. The van der Waals surface area contributed by atoms with E-state index in [4.69, 9.17) is 11.6 Å². The molecule has 0 aliphatic carbocycles. The summed E-state index contributed by atoms with van der Waals surface area (Å²) in [6.45, 7) is 0. The lowest BCUT2D eigenvalue weighted by atomic mass is 10.1. The van der Waals surface area contributed by atoms with E-state index in [0.717, 1.165) is 30.3 Å². The van der Waals surface area contributed by atoms with E-state index in [2.05, 4.69) is 15.5 Å². The summed E-state index contributed by atoms with van der Waals surface area (Å²) in [5.41, 5.74) is -2.26. The molecule has 1 amide bonds. The number of carbonyl (C=O) groups excluding carboxylic acids is 1. The van der Waals surface area contributed by atoms with Crippen molar-refractivity contribution in [1.29, 1.82) is 0 Å². The van der Waals surface area contributed by atoms with Gasteiger partial charge in [-0.25, -0.2) is 8.42 Å². The van der Waals surface area contributed by atoms with Crippen molar-refractivity contribution in [2.75, 3.05) is 16.9 Å². The molecule has 21 heteroatoms. The fraction of sp³-hybridized carbons (Fsp3) is 0.0800. The van der Waals surface area contributed by atoms with Gasteiger partial charge in [-0.3, -0.25) is 18.5 Å². The third-order valence-electron chi connectivity index (χ3n) is 6.18. The van der Waals surface area contributed by atoms with Gasteiger partial charge in [0.25, 0.3) is 36.3 Å². The molecule has 0 saturated heterocycles. The zero-order valence-corrected chi connectivity index (χ0v) is 26.7. The minimum atomic E-state index is -5.37. The first-order valence-corrected chi connectivity index (χ1v) is 18.7. The smallest absolute Gasteiger partial charge is 0.296 e. The first-order chi connectivity index (χ1) is 21.3. The number of alkyl halides is 1. The average molecular weight is 734 g/mol. The Bertz CT molecular complexity index is 2380. The summed E-state index contributed by atoms with van der Waals surface area (Å²) in [7, 11) is -19.3. The van der Waals surface area contributed by atoms with Crippen LogP contribution < -0.4 is 5.32 Å². The summed E-state index contributed by atoms with van der Waals surface area (Å²) in [5, 5.41) is 19.3. The fourth-order valence-electron chi connectivity index (χ4n) is 4.16. The number of azo groups is 1. The van der Waals surface area contributed by atoms with Crippen LogP contribution in [0, 0.1) is 0 Å². The Labute approximate surface area is 266 Å². The van der Waals surface area contributed by atoms with Gasteiger partial charge in [0.05, 0.1) is 21.7 Å². The Hall–Kier alpha value is -4.02. The quantitative estimate of drug-likeness (QED) is 0.0878. The highest BCUT2D eigenvalue weighted by atomic mass is 35.5. The number of aromatic hydroxyl groups is 1. The number of carbonyl (C=O) groups is 1. The molecule has 0 bridgehead atoms. The molecule has 0 aliphatic rings. The Morgan fingerprint density at radius 3 is 1.98 bits per heavy atom. The first kappa shape index (κ1) is 34.8. The highest BCUT2D eigenvalue weighted by molar-refractivity contribution is 7.91. The molecule has 0 aliphatic heterocycles. The number of hydrogen-bond acceptors (Lipinski definition) is 12. The van der Waals surface area contributed by atoms with Crippen LogP contribution in [0.25, 0.3) is 10.8 Å². The van der Waals surface area contributed by atoms with Crippen LogP contribution in [0.1, 0.15) is 10.4 Å². The Morgan fingerprint density at radius 2 is 1.37 bits per heavy atom. The average Bonchev–Trinajstić information content (AvgIpc) is 2.95. The van der Waals surface area contributed by atoms with Gasteiger partial charge in [0.15, 0.2) is 15.6 Å². The molecule has 0 unspecified atom stereocenters. The number of anilines is 1. The summed E-state index contributed by atoms with van der Waals surface area (Å²) in [6, 6.07) is 11.3. The minimum Gasteiger partial charge on any atom is -0.505 e. The number of nitrogens with zero attached hydrogens (tertiary/aromatic N) is 2. The third kappa shape index (κ3) is 7.34. The van der Waals surface area contributed by atoms with Crippen molar-refractivity contribution in [2.24, 2.45) is 10.2 Å². The number of benzene rings is 4. The summed E-state index contributed by atoms with van der Waals surface area (Å²) in [6.07, 6.45) is 0. The number of fused-ring (bicyclic) bond motifs is 1. The van der Waals surface area contributed by atoms with Crippen LogP contribution in [0.15, 0.2) is 96.5 Å². The van der Waals surface area contributed by atoms with Gasteiger partial charge < -0.3 is 10.4 Å². The van der Waals surface area contributed by atoms with E-state index < -0.39 is 100 Å². The van der Waals surface area contributed by atoms with Gasteiger partial charge in [-0.05, 0) is 48.5 Å². The van der Waals surface area contributed by atoms with Crippen LogP contribution in [-0.2, 0) is 40.2 Å².